The largest absolute Gasteiger partial charge is 0.467 e. The van der Waals surface area contributed by atoms with Gasteiger partial charge in [0.25, 0.3) is 11.6 Å². The summed E-state index contributed by atoms with van der Waals surface area (Å²) in [5.74, 6) is -0.0227. The molecule has 2 amide bonds. The highest BCUT2D eigenvalue weighted by Crippen LogP contribution is 2.21. The highest BCUT2D eigenvalue weighted by atomic mass is 16.6. The van der Waals surface area contributed by atoms with Crippen molar-refractivity contribution < 1.29 is 18.9 Å². The van der Waals surface area contributed by atoms with Crippen LogP contribution >= 0.6 is 0 Å². The fourth-order valence-corrected chi connectivity index (χ4v) is 2.78. The van der Waals surface area contributed by atoms with Crippen molar-refractivity contribution in [2.75, 3.05) is 17.2 Å². The normalized spacial score (nSPS) is 10.3. The first-order valence-corrected chi connectivity index (χ1v) is 9.12. The van der Waals surface area contributed by atoms with Crippen molar-refractivity contribution >= 4 is 28.9 Å². The van der Waals surface area contributed by atoms with Crippen molar-refractivity contribution in [3.63, 3.8) is 0 Å². The maximum Gasteiger partial charge on any atom is 0.269 e. The van der Waals surface area contributed by atoms with Gasteiger partial charge in [-0.2, -0.15) is 0 Å². The van der Waals surface area contributed by atoms with Crippen LogP contribution in [0.25, 0.3) is 0 Å². The van der Waals surface area contributed by atoms with Crippen molar-refractivity contribution in [1.29, 1.82) is 0 Å². The van der Waals surface area contributed by atoms with E-state index >= 15 is 0 Å². The summed E-state index contributed by atoms with van der Waals surface area (Å²) in [7, 11) is 0. The molecule has 0 bridgehead atoms. The molecule has 3 N–H and O–H groups in total. The van der Waals surface area contributed by atoms with E-state index in [1.807, 2.05) is 0 Å². The Morgan fingerprint density at radius 2 is 1.87 bits per heavy atom. The summed E-state index contributed by atoms with van der Waals surface area (Å²) < 4.78 is 5.20. The quantitative estimate of drug-likeness (QED) is 0.387. The predicted octanol–water partition coefficient (Wildman–Crippen LogP) is 3.48. The Kier molecular flexibility index (Phi) is 6.43. The van der Waals surface area contributed by atoms with Crippen molar-refractivity contribution in [2.45, 2.75) is 13.5 Å². The van der Waals surface area contributed by atoms with Crippen LogP contribution in [0, 0.1) is 17.0 Å². The number of carbonyl (C=O) groups excluding carboxylic acids is 2. The van der Waals surface area contributed by atoms with Crippen molar-refractivity contribution in [3.8, 4) is 0 Å². The molecule has 0 spiro atoms. The molecular weight excluding hydrogens is 388 g/mol. The van der Waals surface area contributed by atoms with Crippen LogP contribution in [0.5, 0.6) is 0 Å². The zero-order chi connectivity index (χ0) is 21.5. The monoisotopic (exact) mass is 408 g/mol. The van der Waals surface area contributed by atoms with Gasteiger partial charge in [0.1, 0.15) is 5.76 Å². The van der Waals surface area contributed by atoms with Crippen LogP contribution in [0.4, 0.5) is 17.1 Å². The van der Waals surface area contributed by atoms with E-state index in [4.69, 9.17) is 4.42 Å². The van der Waals surface area contributed by atoms with Crippen LogP contribution in [-0.2, 0) is 11.3 Å². The standard InChI is InChI=1S/C21H20N4O5/c1-14-11-15(25(28)29)8-9-18(14)24-20(26)13-22-19-7-3-2-6-17(19)21(27)23-12-16-5-4-10-30-16/h2-11,22H,12-13H2,1H3,(H,23,27)(H,24,26). The minimum absolute atomic E-state index is 0.0434. The van der Waals surface area contributed by atoms with Crippen LogP contribution in [0.15, 0.2) is 65.3 Å². The van der Waals surface area contributed by atoms with Gasteiger partial charge in [0.2, 0.25) is 5.91 Å². The molecule has 0 aliphatic carbocycles. The molecular formula is C21H20N4O5. The Hall–Kier alpha value is -4.14. The summed E-state index contributed by atoms with van der Waals surface area (Å²) in [5.41, 5.74) is 1.92. The second kappa shape index (κ2) is 9.37. The van der Waals surface area contributed by atoms with E-state index in [0.29, 0.717) is 28.3 Å². The van der Waals surface area contributed by atoms with E-state index in [9.17, 15) is 19.7 Å². The van der Waals surface area contributed by atoms with Crippen molar-refractivity contribution in [2.24, 2.45) is 0 Å². The van der Waals surface area contributed by atoms with Gasteiger partial charge in [-0.05, 0) is 42.8 Å². The minimum atomic E-state index is -0.492. The molecule has 0 fully saturated rings. The summed E-state index contributed by atoms with van der Waals surface area (Å²) >= 11 is 0. The predicted molar refractivity (Wildman–Crippen MR) is 111 cm³/mol. The summed E-state index contributed by atoms with van der Waals surface area (Å²) in [4.78, 5) is 35.1. The van der Waals surface area contributed by atoms with Gasteiger partial charge in [-0.15, -0.1) is 0 Å². The topological polar surface area (TPSA) is 127 Å². The second-order valence-corrected chi connectivity index (χ2v) is 6.47. The fourth-order valence-electron chi connectivity index (χ4n) is 2.78. The highest BCUT2D eigenvalue weighted by molar-refractivity contribution is 6.01. The lowest BCUT2D eigenvalue weighted by atomic mass is 10.1. The average molecular weight is 408 g/mol. The number of furan rings is 1. The van der Waals surface area contributed by atoms with Crippen LogP contribution in [-0.4, -0.2) is 23.3 Å². The number of carbonyl (C=O) groups is 2. The molecule has 0 aliphatic heterocycles. The third-order valence-electron chi connectivity index (χ3n) is 4.31. The Morgan fingerprint density at radius 3 is 2.57 bits per heavy atom. The van der Waals surface area contributed by atoms with E-state index < -0.39 is 4.92 Å². The smallest absolute Gasteiger partial charge is 0.269 e. The third-order valence-corrected chi connectivity index (χ3v) is 4.31. The number of nitro benzene ring substituents is 1. The van der Waals surface area contributed by atoms with Crippen LogP contribution < -0.4 is 16.0 Å². The highest BCUT2D eigenvalue weighted by Gasteiger charge is 2.13. The molecule has 0 saturated heterocycles. The van der Waals surface area contributed by atoms with Crippen LogP contribution in [0.3, 0.4) is 0 Å². The number of hydrogen-bond donors (Lipinski definition) is 3. The lowest BCUT2D eigenvalue weighted by Gasteiger charge is -2.13. The Balaban J connectivity index is 1.59. The number of nitrogens with zero attached hydrogens (tertiary/aromatic N) is 1. The Bertz CT molecular complexity index is 1060. The molecule has 0 saturated carbocycles. The summed E-state index contributed by atoms with van der Waals surface area (Å²) in [5, 5.41) is 19.2. The molecule has 0 unspecified atom stereocenters. The molecule has 0 radical (unpaired) electrons. The van der Waals surface area contributed by atoms with Gasteiger partial charge in [-0.3, -0.25) is 19.7 Å². The number of hydrogen-bond acceptors (Lipinski definition) is 6. The van der Waals surface area contributed by atoms with Crippen molar-refractivity contribution in [1.82, 2.24) is 5.32 Å². The van der Waals surface area contributed by atoms with Gasteiger partial charge in [0.15, 0.2) is 0 Å². The number of benzene rings is 2. The fraction of sp³-hybridized carbons (Fsp3) is 0.143. The SMILES string of the molecule is Cc1cc([N+](=O)[O-])ccc1NC(=O)CNc1ccccc1C(=O)NCc1ccco1. The van der Waals surface area contributed by atoms with Crippen LogP contribution in [0.2, 0.25) is 0 Å². The zero-order valence-corrected chi connectivity index (χ0v) is 16.2. The third kappa shape index (κ3) is 5.22. The molecule has 9 heteroatoms. The van der Waals surface area contributed by atoms with Gasteiger partial charge in [0, 0.05) is 23.5 Å². The van der Waals surface area contributed by atoms with Gasteiger partial charge in [-0.25, -0.2) is 0 Å². The summed E-state index contributed by atoms with van der Waals surface area (Å²) in [6.07, 6.45) is 1.53. The van der Waals surface area contributed by atoms with Crippen LogP contribution in [0.1, 0.15) is 21.7 Å². The number of non-ortho nitro benzene ring substituents is 1. The Morgan fingerprint density at radius 1 is 1.07 bits per heavy atom. The average Bonchev–Trinajstić information content (AvgIpc) is 3.25. The molecule has 1 heterocycles. The number of nitro groups is 1. The summed E-state index contributed by atoms with van der Waals surface area (Å²) in [6, 6.07) is 14.5. The molecule has 3 aromatic rings. The van der Waals surface area contributed by atoms with E-state index in [0.717, 1.165) is 0 Å². The zero-order valence-electron chi connectivity index (χ0n) is 16.2. The minimum Gasteiger partial charge on any atom is -0.467 e. The maximum atomic E-state index is 12.5. The first kappa shape index (κ1) is 20.6. The van der Waals surface area contributed by atoms with Crippen molar-refractivity contribution in [3.05, 3.63) is 87.9 Å². The number of para-hydroxylation sites is 1. The van der Waals surface area contributed by atoms with E-state index in [-0.39, 0.29) is 30.6 Å². The number of aryl methyl sites for hydroxylation is 1. The lowest BCUT2D eigenvalue weighted by Crippen LogP contribution is -2.26. The van der Waals surface area contributed by atoms with E-state index in [1.165, 1.54) is 24.5 Å². The Labute approximate surface area is 172 Å². The molecule has 3 rings (SSSR count). The molecule has 30 heavy (non-hydrogen) atoms. The second-order valence-electron chi connectivity index (χ2n) is 6.47. The molecule has 2 aromatic carbocycles. The van der Waals surface area contributed by atoms with Gasteiger partial charge >= 0.3 is 0 Å². The molecule has 9 nitrogen and oxygen atoms in total. The first-order valence-electron chi connectivity index (χ1n) is 9.12. The first-order chi connectivity index (χ1) is 14.4. The number of amides is 2. The van der Waals surface area contributed by atoms with Gasteiger partial charge in [0.05, 0.1) is 29.8 Å². The number of nitrogens with one attached hydrogen (secondary N) is 3. The molecule has 154 valence electrons. The van der Waals surface area contributed by atoms with Gasteiger partial charge in [-0.1, -0.05) is 12.1 Å². The van der Waals surface area contributed by atoms with E-state index in [1.54, 1.807) is 43.3 Å². The van der Waals surface area contributed by atoms with Gasteiger partial charge < -0.3 is 20.4 Å². The number of anilines is 2. The van der Waals surface area contributed by atoms with E-state index in [2.05, 4.69) is 16.0 Å². The molecule has 0 atom stereocenters. The summed E-state index contributed by atoms with van der Waals surface area (Å²) in [6.45, 7) is 1.84. The molecule has 0 aliphatic rings. The number of rotatable bonds is 8. The maximum absolute atomic E-state index is 12.5. The lowest BCUT2D eigenvalue weighted by molar-refractivity contribution is -0.384. The molecule has 1 aromatic heterocycles.